The van der Waals surface area contributed by atoms with E-state index in [4.69, 9.17) is 0 Å². The van der Waals surface area contributed by atoms with Crippen molar-refractivity contribution in [1.82, 2.24) is 19.9 Å². The van der Waals surface area contributed by atoms with Crippen LogP contribution in [-0.4, -0.2) is 20.4 Å². The van der Waals surface area contributed by atoms with Gasteiger partial charge in [-0.15, -0.1) is 0 Å². The van der Waals surface area contributed by atoms with E-state index in [1.807, 2.05) is 0 Å². The molecule has 0 spiro atoms. The number of aromatic amines is 1. The highest BCUT2D eigenvalue weighted by Crippen LogP contribution is 2.21. The largest absolute Gasteiger partial charge is 0.338 e. The van der Waals surface area contributed by atoms with Gasteiger partial charge in [-0.25, -0.2) is 9.37 Å². The number of benzene rings is 1. The van der Waals surface area contributed by atoms with E-state index in [0.717, 1.165) is 0 Å². The Kier molecular flexibility index (Phi) is 4.47. The first-order chi connectivity index (χ1) is 12.0. The second kappa shape index (κ2) is 6.72. The second-order valence-electron chi connectivity index (χ2n) is 5.74. The van der Waals surface area contributed by atoms with Gasteiger partial charge in [-0.2, -0.15) is 0 Å². The molecule has 3 rings (SSSR count). The van der Waals surface area contributed by atoms with Crippen LogP contribution in [0.1, 0.15) is 33.5 Å². The molecule has 0 radical (unpaired) electrons. The molecule has 0 bridgehead atoms. The third kappa shape index (κ3) is 3.50. The molecule has 128 valence electrons. The quantitative estimate of drug-likeness (QED) is 0.763. The first-order valence-corrected chi connectivity index (χ1v) is 7.69. The molecule has 0 saturated carbocycles. The van der Waals surface area contributed by atoms with E-state index < -0.39 is 17.5 Å². The number of pyridine rings is 1. The Hall–Kier alpha value is -3.22. The Labute approximate surface area is 143 Å². The molecule has 1 amide bonds. The molecule has 2 heterocycles. The van der Waals surface area contributed by atoms with Gasteiger partial charge in [0.1, 0.15) is 23.2 Å². The molecule has 0 aliphatic rings. The number of nitrogens with one attached hydrogen (secondary N) is 2. The third-order valence-corrected chi connectivity index (χ3v) is 3.90. The molecule has 1 aromatic carbocycles. The van der Waals surface area contributed by atoms with Gasteiger partial charge in [0.2, 0.25) is 0 Å². The second-order valence-corrected chi connectivity index (χ2v) is 5.74. The highest BCUT2D eigenvalue weighted by atomic mass is 19.1. The minimum absolute atomic E-state index is 0.00641. The van der Waals surface area contributed by atoms with Crippen molar-refractivity contribution in [2.75, 3.05) is 0 Å². The molecule has 3 aromatic rings. The maximum atomic E-state index is 13.2. The van der Waals surface area contributed by atoms with Crippen LogP contribution in [0.4, 0.5) is 4.39 Å². The first kappa shape index (κ1) is 16.6. The van der Waals surface area contributed by atoms with E-state index >= 15 is 0 Å². The van der Waals surface area contributed by atoms with E-state index in [1.165, 1.54) is 18.2 Å². The number of H-pyrrole nitrogens is 1. The molecule has 2 N–H and O–H groups in total. The number of carbonyl (C=O) groups excluding carboxylic acids is 1. The minimum atomic E-state index is -0.617. The summed E-state index contributed by atoms with van der Waals surface area (Å²) in [7, 11) is 1.80. The van der Waals surface area contributed by atoms with Crippen molar-refractivity contribution in [3.05, 3.63) is 87.6 Å². The maximum absolute atomic E-state index is 13.2. The normalized spacial score (nSPS) is 12.0. The molecule has 6 nitrogen and oxygen atoms in total. The van der Waals surface area contributed by atoms with Gasteiger partial charge in [-0.3, -0.25) is 9.59 Å². The summed E-state index contributed by atoms with van der Waals surface area (Å²) in [5, 5.41) is 2.81. The van der Waals surface area contributed by atoms with E-state index in [0.29, 0.717) is 17.1 Å². The Morgan fingerprint density at radius 1 is 1.24 bits per heavy atom. The van der Waals surface area contributed by atoms with Crippen molar-refractivity contribution >= 4 is 5.91 Å². The summed E-state index contributed by atoms with van der Waals surface area (Å²) >= 11 is 0. The van der Waals surface area contributed by atoms with E-state index in [2.05, 4.69) is 15.3 Å². The molecule has 7 heteroatoms. The Morgan fingerprint density at radius 2 is 1.96 bits per heavy atom. The monoisotopic (exact) mass is 340 g/mol. The molecule has 25 heavy (non-hydrogen) atoms. The van der Waals surface area contributed by atoms with Gasteiger partial charge in [0.05, 0.1) is 0 Å². The number of nitrogens with zero attached hydrogens (tertiary/aromatic N) is 2. The molecule has 0 aliphatic heterocycles. The number of aryl methyl sites for hydroxylation is 2. The van der Waals surface area contributed by atoms with Crippen LogP contribution in [0.2, 0.25) is 0 Å². The van der Waals surface area contributed by atoms with Gasteiger partial charge < -0.3 is 14.9 Å². The van der Waals surface area contributed by atoms with Gasteiger partial charge in [0.15, 0.2) is 0 Å². The summed E-state index contributed by atoms with van der Waals surface area (Å²) in [5.74, 6) is -0.328. The lowest BCUT2D eigenvalue weighted by molar-refractivity contribution is 0.0939. The molecule has 0 saturated heterocycles. The fourth-order valence-electron chi connectivity index (χ4n) is 2.57. The SMILES string of the molecule is Cc1ccc(C(=O)N[C@@H](c2ccc(F)cc2)c2nccn2C)c(=O)[nH]1. The van der Waals surface area contributed by atoms with Crippen molar-refractivity contribution in [1.29, 1.82) is 0 Å². The van der Waals surface area contributed by atoms with Gasteiger partial charge in [-0.1, -0.05) is 12.1 Å². The molecular weight excluding hydrogens is 323 g/mol. The van der Waals surface area contributed by atoms with Crippen molar-refractivity contribution in [2.45, 2.75) is 13.0 Å². The van der Waals surface area contributed by atoms with Gasteiger partial charge >= 0.3 is 0 Å². The zero-order chi connectivity index (χ0) is 18.0. The van der Waals surface area contributed by atoms with Gasteiger partial charge in [0.25, 0.3) is 11.5 Å². The first-order valence-electron chi connectivity index (χ1n) is 7.69. The van der Waals surface area contributed by atoms with Crippen LogP contribution < -0.4 is 10.9 Å². The van der Waals surface area contributed by atoms with Crippen LogP contribution in [-0.2, 0) is 7.05 Å². The van der Waals surface area contributed by atoms with E-state index in [1.54, 1.807) is 49.1 Å². The highest BCUT2D eigenvalue weighted by molar-refractivity contribution is 5.94. The van der Waals surface area contributed by atoms with Crippen molar-refractivity contribution in [2.24, 2.45) is 7.05 Å². The summed E-state index contributed by atoms with van der Waals surface area (Å²) < 4.78 is 15.0. The van der Waals surface area contributed by atoms with Crippen molar-refractivity contribution < 1.29 is 9.18 Å². The topological polar surface area (TPSA) is 79.8 Å². The van der Waals surface area contributed by atoms with Crippen LogP contribution in [0.5, 0.6) is 0 Å². The Balaban J connectivity index is 1.98. The number of hydrogen-bond donors (Lipinski definition) is 2. The van der Waals surface area contributed by atoms with Crippen LogP contribution >= 0.6 is 0 Å². The fraction of sp³-hybridized carbons (Fsp3) is 0.167. The number of aromatic nitrogens is 3. The summed E-state index contributed by atoms with van der Waals surface area (Å²) in [4.78, 5) is 31.5. The van der Waals surface area contributed by atoms with Crippen LogP contribution in [0.3, 0.4) is 0 Å². The number of imidazole rings is 1. The summed E-state index contributed by atoms with van der Waals surface area (Å²) in [6.07, 6.45) is 3.35. The third-order valence-electron chi connectivity index (χ3n) is 3.90. The number of hydrogen-bond acceptors (Lipinski definition) is 3. The zero-order valence-electron chi connectivity index (χ0n) is 13.8. The van der Waals surface area contributed by atoms with E-state index in [9.17, 15) is 14.0 Å². The van der Waals surface area contributed by atoms with Crippen molar-refractivity contribution in [3.63, 3.8) is 0 Å². The van der Waals surface area contributed by atoms with Gasteiger partial charge in [0, 0.05) is 25.1 Å². The number of carbonyl (C=O) groups is 1. The highest BCUT2D eigenvalue weighted by Gasteiger charge is 2.22. The zero-order valence-corrected chi connectivity index (χ0v) is 13.8. The lowest BCUT2D eigenvalue weighted by Crippen LogP contribution is -2.34. The molecule has 0 fully saturated rings. The lowest BCUT2D eigenvalue weighted by atomic mass is 10.1. The molecule has 1 atom stereocenters. The van der Waals surface area contributed by atoms with E-state index in [-0.39, 0.29) is 11.4 Å². The Morgan fingerprint density at radius 3 is 2.56 bits per heavy atom. The average Bonchev–Trinajstić information content (AvgIpc) is 2.99. The fourth-order valence-corrected chi connectivity index (χ4v) is 2.57. The summed E-state index contributed by atoms with van der Waals surface area (Å²) in [6, 6.07) is 8.30. The summed E-state index contributed by atoms with van der Waals surface area (Å²) in [6.45, 7) is 1.73. The summed E-state index contributed by atoms with van der Waals surface area (Å²) in [5.41, 5.74) is 0.871. The predicted molar refractivity (Wildman–Crippen MR) is 90.7 cm³/mol. The van der Waals surface area contributed by atoms with Crippen LogP contribution in [0.25, 0.3) is 0 Å². The molecule has 0 aliphatic carbocycles. The Bertz CT molecular complexity index is 960. The standard InChI is InChI=1S/C18H17FN4O2/c1-11-3-8-14(17(24)21-11)18(25)22-15(16-20-9-10-23(16)2)12-4-6-13(19)7-5-12/h3-10,15H,1-2H3,(H,21,24)(H,22,25)/t15-/m0/s1. The molecule has 0 unspecified atom stereocenters. The van der Waals surface area contributed by atoms with Crippen LogP contribution in [0, 0.1) is 12.7 Å². The predicted octanol–water partition coefficient (Wildman–Crippen LogP) is 2.08. The molecule has 2 aromatic heterocycles. The smallest absolute Gasteiger partial charge is 0.260 e. The molecular formula is C18H17FN4O2. The number of rotatable bonds is 4. The van der Waals surface area contributed by atoms with Crippen LogP contribution in [0.15, 0.2) is 53.6 Å². The minimum Gasteiger partial charge on any atom is -0.338 e. The maximum Gasteiger partial charge on any atom is 0.260 e. The number of halogens is 1. The van der Waals surface area contributed by atoms with Crippen molar-refractivity contribution in [3.8, 4) is 0 Å². The lowest BCUT2D eigenvalue weighted by Gasteiger charge is -2.19. The van der Waals surface area contributed by atoms with Gasteiger partial charge in [-0.05, 0) is 36.8 Å². The number of amides is 1. The average molecular weight is 340 g/mol.